The Bertz CT molecular complexity index is 151. The van der Waals surface area contributed by atoms with Crippen molar-refractivity contribution < 1.29 is 0 Å². The van der Waals surface area contributed by atoms with Crippen molar-refractivity contribution in [2.45, 2.75) is 13.8 Å². The van der Waals surface area contributed by atoms with Crippen molar-refractivity contribution in [3.63, 3.8) is 0 Å². The van der Waals surface area contributed by atoms with Crippen LogP contribution in [0.2, 0.25) is 0 Å². The summed E-state index contributed by atoms with van der Waals surface area (Å²) in [4.78, 5) is 6.70. The molecule has 0 aliphatic carbocycles. The first-order chi connectivity index (χ1) is 5.25. The average molecular weight is 155 g/mol. The molecule has 1 rings (SSSR count). The number of hydrogen-bond donors (Lipinski definition) is 1. The summed E-state index contributed by atoms with van der Waals surface area (Å²) in [7, 11) is 0. The van der Waals surface area contributed by atoms with E-state index in [1.165, 1.54) is 5.84 Å². The van der Waals surface area contributed by atoms with Gasteiger partial charge in [0.15, 0.2) is 0 Å². The number of nitrogens with two attached hydrogens (primary N) is 1. The molecule has 0 saturated heterocycles. The van der Waals surface area contributed by atoms with E-state index in [-0.39, 0.29) is 0 Å². The molecule has 1 heterocycles. The van der Waals surface area contributed by atoms with Gasteiger partial charge in [0.25, 0.3) is 0 Å². The molecule has 0 unspecified atom stereocenters. The standard InChI is InChI=1S/C8H17N3/c1-7(2)8-10-4-6-11(8)5-3-9/h7H,3-6,9H2,1-2H3. The fourth-order valence-corrected chi connectivity index (χ4v) is 1.43. The number of aliphatic imine (C=N–C) groups is 1. The fourth-order valence-electron chi connectivity index (χ4n) is 1.43. The Morgan fingerprint density at radius 2 is 2.36 bits per heavy atom. The topological polar surface area (TPSA) is 41.6 Å². The van der Waals surface area contributed by atoms with Crippen molar-refractivity contribution in [1.29, 1.82) is 0 Å². The highest BCUT2D eigenvalue weighted by atomic mass is 15.2. The van der Waals surface area contributed by atoms with Crippen molar-refractivity contribution >= 4 is 5.84 Å². The Morgan fingerprint density at radius 1 is 1.64 bits per heavy atom. The molecule has 0 fully saturated rings. The van der Waals surface area contributed by atoms with E-state index in [1.807, 2.05) is 0 Å². The SMILES string of the molecule is CC(C)C1=NCCN1CCN. The zero-order valence-electron chi connectivity index (χ0n) is 7.38. The molecular formula is C8H17N3. The van der Waals surface area contributed by atoms with Gasteiger partial charge < -0.3 is 10.6 Å². The lowest BCUT2D eigenvalue weighted by molar-refractivity contribution is 0.449. The third-order valence-electron chi connectivity index (χ3n) is 1.88. The quantitative estimate of drug-likeness (QED) is 0.637. The van der Waals surface area contributed by atoms with Crippen LogP contribution in [0, 0.1) is 5.92 Å². The first-order valence-electron chi connectivity index (χ1n) is 4.25. The van der Waals surface area contributed by atoms with Gasteiger partial charge >= 0.3 is 0 Å². The maximum atomic E-state index is 5.47. The molecule has 1 aliphatic heterocycles. The molecule has 3 heteroatoms. The summed E-state index contributed by atoms with van der Waals surface area (Å²) in [5.41, 5.74) is 5.47. The Morgan fingerprint density at radius 3 is 2.91 bits per heavy atom. The third kappa shape index (κ3) is 1.93. The number of hydrogen-bond acceptors (Lipinski definition) is 3. The molecule has 2 N–H and O–H groups in total. The number of rotatable bonds is 3. The summed E-state index contributed by atoms with van der Waals surface area (Å²) in [6.07, 6.45) is 0. The second-order valence-electron chi connectivity index (χ2n) is 3.17. The van der Waals surface area contributed by atoms with Gasteiger partial charge in [0.2, 0.25) is 0 Å². The van der Waals surface area contributed by atoms with Crippen LogP contribution in [0.4, 0.5) is 0 Å². The molecule has 0 aromatic rings. The molecule has 0 spiro atoms. The highest BCUT2D eigenvalue weighted by molar-refractivity contribution is 5.85. The Hall–Kier alpha value is -0.570. The molecule has 0 aromatic carbocycles. The Balaban J connectivity index is 2.48. The van der Waals surface area contributed by atoms with Gasteiger partial charge in [-0.05, 0) is 0 Å². The zero-order valence-corrected chi connectivity index (χ0v) is 7.38. The van der Waals surface area contributed by atoms with Gasteiger partial charge in [-0.2, -0.15) is 0 Å². The van der Waals surface area contributed by atoms with Gasteiger partial charge in [0, 0.05) is 25.6 Å². The van der Waals surface area contributed by atoms with Crippen LogP contribution < -0.4 is 5.73 Å². The van der Waals surface area contributed by atoms with Crippen LogP contribution in [0.5, 0.6) is 0 Å². The minimum atomic E-state index is 0.545. The summed E-state index contributed by atoms with van der Waals surface area (Å²) in [5, 5.41) is 0. The number of nitrogens with zero attached hydrogens (tertiary/aromatic N) is 2. The van der Waals surface area contributed by atoms with Gasteiger partial charge in [0.05, 0.1) is 6.54 Å². The minimum Gasteiger partial charge on any atom is -0.357 e. The van der Waals surface area contributed by atoms with Crippen LogP contribution in [-0.4, -0.2) is 36.9 Å². The van der Waals surface area contributed by atoms with E-state index in [4.69, 9.17) is 5.73 Å². The molecule has 11 heavy (non-hydrogen) atoms. The average Bonchev–Trinajstić information content (AvgIpc) is 2.36. The predicted octanol–water partition coefficient (Wildman–Crippen LogP) is 0.315. The summed E-state index contributed by atoms with van der Waals surface area (Å²) in [5.74, 6) is 1.78. The van der Waals surface area contributed by atoms with Crippen molar-refractivity contribution in [2.75, 3.05) is 26.2 Å². The van der Waals surface area contributed by atoms with E-state index in [2.05, 4.69) is 23.7 Å². The van der Waals surface area contributed by atoms with Crippen molar-refractivity contribution in [1.82, 2.24) is 4.90 Å². The second kappa shape index (κ2) is 3.72. The van der Waals surface area contributed by atoms with Crippen molar-refractivity contribution in [3.8, 4) is 0 Å². The largest absolute Gasteiger partial charge is 0.357 e. The van der Waals surface area contributed by atoms with Crippen molar-refractivity contribution in [3.05, 3.63) is 0 Å². The van der Waals surface area contributed by atoms with Crippen LogP contribution in [0.1, 0.15) is 13.8 Å². The van der Waals surface area contributed by atoms with Crippen LogP contribution in [0.15, 0.2) is 4.99 Å². The van der Waals surface area contributed by atoms with E-state index in [9.17, 15) is 0 Å². The first kappa shape index (κ1) is 8.53. The van der Waals surface area contributed by atoms with Crippen LogP contribution in [-0.2, 0) is 0 Å². The van der Waals surface area contributed by atoms with Gasteiger partial charge in [-0.3, -0.25) is 4.99 Å². The molecule has 0 amide bonds. The first-order valence-corrected chi connectivity index (χ1v) is 4.25. The van der Waals surface area contributed by atoms with E-state index < -0.39 is 0 Å². The summed E-state index contributed by atoms with van der Waals surface area (Å²) < 4.78 is 0. The third-order valence-corrected chi connectivity index (χ3v) is 1.88. The van der Waals surface area contributed by atoms with Crippen molar-refractivity contribution in [2.24, 2.45) is 16.6 Å². The highest BCUT2D eigenvalue weighted by Gasteiger charge is 2.17. The predicted molar refractivity (Wildman–Crippen MR) is 47.8 cm³/mol. The van der Waals surface area contributed by atoms with Crippen LogP contribution in [0.3, 0.4) is 0 Å². The Labute approximate surface area is 68.3 Å². The fraction of sp³-hybridized carbons (Fsp3) is 0.875. The zero-order chi connectivity index (χ0) is 8.27. The van der Waals surface area contributed by atoms with E-state index in [0.717, 1.165) is 26.2 Å². The van der Waals surface area contributed by atoms with Gasteiger partial charge in [-0.25, -0.2) is 0 Å². The molecule has 0 aromatic heterocycles. The summed E-state index contributed by atoms with van der Waals surface area (Å²) >= 11 is 0. The maximum absolute atomic E-state index is 5.47. The van der Waals surface area contributed by atoms with Crippen LogP contribution in [0.25, 0.3) is 0 Å². The smallest absolute Gasteiger partial charge is 0.102 e. The molecule has 64 valence electrons. The normalized spacial score (nSPS) is 17.8. The van der Waals surface area contributed by atoms with Gasteiger partial charge in [-0.15, -0.1) is 0 Å². The Kier molecular flexibility index (Phi) is 2.88. The second-order valence-corrected chi connectivity index (χ2v) is 3.17. The molecule has 1 aliphatic rings. The van der Waals surface area contributed by atoms with E-state index in [1.54, 1.807) is 0 Å². The molecule has 0 atom stereocenters. The molecule has 0 bridgehead atoms. The summed E-state index contributed by atoms with van der Waals surface area (Å²) in [6, 6.07) is 0. The lowest BCUT2D eigenvalue weighted by Gasteiger charge is -2.21. The van der Waals surface area contributed by atoms with E-state index in [0.29, 0.717) is 5.92 Å². The maximum Gasteiger partial charge on any atom is 0.102 e. The highest BCUT2D eigenvalue weighted by Crippen LogP contribution is 2.08. The monoisotopic (exact) mass is 155 g/mol. The lowest BCUT2D eigenvalue weighted by Crippen LogP contribution is -2.35. The molecule has 0 radical (unpaired) electrons. The van der Waals surface area contributed by atoms with E-state index >= 15 is 0 Å². The minimum absolute atomic E-state index is 0.545. The molecular weight excluding hydrogens is 138 g/mol. The molecule has 0 saturated carbocycles. The van der Waals surface area contributed by atoms with Gasteiger partial charge in [-0.1, -0.05) is 13.8 Å². The van der Waals surface area contributed by atoms with Crippen LogP contribution >= 0.6 is 0 Å². The molecule has 3 nitrogen and oxygen atoms in total. The van der Waals surface area contributed by atoms with Gasteiger partial charge in [0.1, 0.15) is 5.84 Å². The summed E-state index contributed by atoms with van der Waals surface area (Å²) in [6.45, 7) is 8.04. The lowest BCUT2D eigenvalue weighted by atomic mass is 10.2. The number of amidine groups is 1.